The molecule has 0 spiro atoms. The van der Waals surface area contributed by atoms with Gasteiger partial charge in [-0.25, -0.2) is 0 Å². The molecule has 2 rings (SSSR count). The van der Waals surface area contributed by atoms with E-state index >= 15 is 0 Å². The lowest BCUT2D eigenvalue weighted by molar-refractivity contribution is -0.126. The second kappa shape index (κ2) is 6.25. The SMILES string of the molecule is CC(CC1CCCC1)C(=O)NC1CCCC1(C)CO. The number of nitrogens with one attached hydrogen (secondary N) is 1. The molecule has 2 aliphatic rings. The highest BCUT2D eigenvalue weighted by Crippen LogP contribution is 2.37. The molecule has 0 radical (unpaired) electrons. The Labute approximate surface area is 117 Å². The number of hydrogen-bond donors (Lipinski definition) is 2. The summed E-state index contributed by atoms with van der Waals surface area (Å²) in [6, 6.07) is 0.163. The summed E-state index contributed by atoms with van der Waals surface area (Å²) in [4.78, 5) is 12.3. The second-order valence-electron chi connectivity index (χ2n) is 7.05. The van der Waals surface area contributed by atoms with Gasteiger partial charge in [-0.1, -0.05) is 46.0 Å². The Bertz CT molecular complexity index is 312. The van der Waals surface area contributed by atoms with Crippen LogP contribution in [0.25, 0.3) is 0 Å². The monoisotopic (exact) mass is 267 g/mol. The van der Waals surface area contributed by atoms with E-state index in [1.165, 1.54) is 25.7 Å². The van der Waals surface area contributed by atoms with Gasteiger partial charge in [0.05, 0.1) is 6.61 Å². The van der Waals surface area contributed by atoms with Crippen LogP contribution in [0.3, 0.4) is 0 Å². The Hall–Kier alpha value is -0.570. The van der Waals surface area contributed by atoms with Crippen molar-refractivity contribution in [2.45, 2.75) is 71.3 Å². The lowest BCUT2D eigenvalue weighted by Crippen LogP contribution is -2.46. The van der Waals surface area contributed by atoms with Crippen molar-refractivity contribution in [1.29, 1.82) is 0 Å². The van der Waals surface area contributed by atoms with Gasteiger partial charge in [0.15, 0.2) is 0 Å². The van der Waals surface area contributed by atoms with Crippen molar-refractivity contribution in [2.75, 3.05) is 6.61 Å². The van der Waals surface area contributed by atoms with E-state index in [2.05, 4.69) is 19.2 Å². The molecule has 0 aromatic heterocycles. The van der Waals surface area contributed by atoms with Crippen LogP contribution in [0.4, 0.5) is 0 Å². The van der Waals surface area contributed by atoms with Gasteiger partial charge in [0.25, 0.3) is 0 Å². The first-order valence-corrected chi connectivity index (χ1v) is 7.96. The van der Waals surface area contributed by atoms with Crippen molar-refractivity contribution in [3.8, 4) is 0 Å². The van der Waals surface area contributed by atoms with Crippen LogP contribution < -0.4 is 5.32 Å². The van der Waals surface area contributed by atoms with Crippen LogP contribution in [0, 0.1) is 17.3 Å². The minimum Gasteiger partial charge on any atom is -0.396 e. The molecule has 3 unspecified atom stereocenters. The summed E-state index contributed by atoms with van der Waals surface area (Å²) in [5.74, 6) is 1.07. The Kier molecular flexibility index (Phi) is 4.88. The molecule has 19 heavy (non-hydrogen) atoms. The Morgan fingerprint density at radius 1 is 1.32 bits per heavy atom. The van der Waals surface area contributed by atoms with Gasteiger partial charge in [-0.15, -0.1) is 0 Å². The van der Waals surface area contributed by atoms with Gasteiger partial charge in [0, 0.05) is 17.4 Å². The summed E-state index contributed by atoms with van der Waals surface area (Å²) in [6.45, 7) is 4.32. The van der Waals surface area contributed by atoms with Gasteiger partial charge in [-0.05, 0) is 25.2 Å². The number of carbonyl (C=O) groups is 1. The number of aliphatic hydroxyl groups is 1. The smallest absolute Gasteiger partial charge is 0.223 e. The average Bonchev–Trinajstić information content (AvgIpc) is 3.01. The molecular weight excluding hydrogens is 238 g/mol. The highest BCUT2D eigenvalue weighted by molar-refractivity contribution is 5.78. The summed E-state index contributed by atoms with van der Waals surface area (Å²) in [6.07, 6.45) is 9.46. The summed E-state index contributed by atoms with van der Waals surface area (Å²) >= 11 is 0. The van der Waals surface area contributed by atoms with Gasteiger partial charge in [-0.3, -0.25) is 4.79 Å². The third-order valence-electron chi connectivity index (χ3n) is 5.37. The summed E-state index contributed by atoms with van der Waals surface area (Å²) in [5, 5.41) is 12.7. The Morgan fingerprint density at radius 3 is 2.63 bits per heavy atom. The van der Waals surface area contributed by atoms with E-state index in [1.54, 1.807) is 0 Å². The molecule has 0 saturated heterocycles. The average molecular weight is 267 g/mol. The highest BCUT2D eigenvalue weighted by atomic mass is 16.3. The quantitative estimate of drug-likeness (QED) is 0.804. The highest BCUT2D eigenvalue weighted by Gasteiger charge is 2.39. The minimum absolute atomic E-state index is 0.108. The van der Waals surface area contributed by atoms with Crippen molar-refractivity contribution in [1.82, 2.24) is 5.32 Å². The van der Waals surface area contributed by atoms with Gasteiger partial charge in [0.2, 0.25) is 5.91 Å². The van der Waals surface area contributed by atoms with Crippen LogP contribution in [0.5, 0.6) is 0 Å². The van der Waals surface area contributed by atoms with E-state index in [4.69, 9.17) is 0 Å². The Morgan fingerprint density at radius 2 is 2.00 bits per heavy atom. The number of hydrogen-bond acceptors (Lipinski definition) is 2. The molecule has 3 nitrogen and oxygen atoms in total. The maximum atomic E-state index is 12.3. The topological polar surface area (TPSA) is 49.3 Å². The molecule has 3 atom stereocenters. The van der Waals surface area contributed by atoms with Crippen LogP contribution in [0.15, 0.2) is 0 Å². The van der Waals surface area contributed by atoms with Gasteiger partial charge in [-0.2, -0.15) is 0 Å². The van der Waals surface area contributed by atoms with E-state index in [0.29, 0.717) is 0 Å². The molecule has 0 heterocycles. The first kappa shape index (κ1) is 14.8. The molecule has 2 aliphatic carbocycles. The first-order valence-electron chi connectivity index (χ1n) is 7.96. The molecule has 3 heteroatoms. The van der Waals surface area contributed by atoms with Crippen molar-refractivity contribution in [2.24, 2.45) is 17.3 Å². The summed E-state index contributed by atoms with van der Waals surface area (Å²) < 4.78 is 0. The van der Waals surface area contributed by atoms with E-state index in [1.807, 2.05) is 0 Å². The molecule has 0 aliphatic heterocycles. The van der Waals surface area contributed by atoms with E-state index < -0.39 is 0 Å². The summed E-state index contributed by atoms with van der Waals surface area (Å²) in [5.41, 5.74) is -0.108. The molecule has 2 N–H and O–H groups in total. The standard InChI is InChI=1S/C16H29NO2/c1-12(10-13-6-3-4-7-13)15(19)17-14-8-5-9-16(14,2)11-18/h12-14,18H,3-11H2,1-2H3,(H,17,19). The van der Waals surface area contributed by atoms with Gasteiger partial charge >= 0.3 is 0 Å². The molecule has 0 aromatic rings. The molecule has 2 fully saturated rings. The van der Waals surface area contributed by atoms with Crippen molar-refractivity contribution in [3.63, 3.8) is 0 Å². The number of carbonyl (C=O) groups excluding carboxylic acids is 1. The summed E-state index contributed by atoms with van der Waals surface area (Å²) in [7, 11) is 0. The fraction of sp³-hybridized carbons (Fsp3) is 0.938. The van der Waals surface area contributed by atoms with Gasteiger partial charge < -0.3 is 10.4 Å². The van der Waals surface area contributed by atoms with Crippen LogP contribution >= 0.6 is 0 Å². The Balaban J connectivity index is 1.82. The normalized spacial score (nSPS) is 33.5. The van der Waals surface area contributed by atoms with Crippen LogP contribution in [0.2, 0.25) is 0 Å². The molecule has 0 bridgehead atoms. The number of amides is 1. The first-order chi connectivity index (χ1) is 9.05. The molecule has 0 aromatic carbocycles. The van der Waals surface area contributed by atoms with Crippen LogP contribution in [-0.2, 0) is 4.79 Å². The third kappa shape index (κ3) is 3.50. The minimum atomic E-state index is -0.108. The molecular formula is C16H29NO2. The third-order valence-corrected chi connectivity index (χ3v) is 5.37. The van der Waals surface area contributed by atoms with Crippen LogP contribution in [0.1, 0.15) is 65.2 Å². The predicted molar refractivity (Wildman–Crippen MR) is 76.7 cm³/mol. The van der Waals surface area contributed by atoms with Crippen molar-refractivity contribution in [3.05, 3.63) is 0 Å². The largest absolute Gasteiger partial charge is 0.396 e. The lowest BCUT2D eigenvalue weighted by atomic mass is 9.85. The van der Waals surface area contributed by atoms with Crippen LogP contribution in [-0.4, -0.2) is 23.7 Å². The van der Waals surface area contributed by atoms with E-state index in [0.717, 1.165) is 31.6 Å². The zero-order valence-electron chi connectivity index (χ0n) is 12.5. The van der Waals surface area contributed by atoms with E-state index in [-0.39, 0.29) is 29.9 Å². The molecule has 2 saturated carbocycles. The fourth-order valence-corrected chi connectivity index (χ4v) is 3.84. The zero-order valence-corrected chi connectivity index (χ0v) is 12.5. The second-order valence-corrected chi connectivity index (χ2v) is 7.05. The fourth-order valence-electron chi connectivity index (χ4n) is 3.84. The predicted octanol–water partition coefficient (Wildman–Crippen LogP) is 2.87. The number of rotatable bonds is 5. The molecule has 1 amide bonds. The maximum Gasteiger partial charge on any atom is 0.223 e. The van der Waals surface area contributed by atoms with Gasteiger partial charge in [0.1, 0.15) is 0 Å². The maximum absolute atomic E-state index is 12.3. The zero-order chi connectivity index (χ0) is 13.9. The van der Waals surface area contributed by atoms with Crippen molar-refractivity contribution >= 4 is 5.91 Å². The van der Waals surface area contributed by atoms with Crippen molar-refractivity contribution < 1.29 is 9.90 Å². The number of aliphatic hydroxyl groups excluding tert-OH is 1. The lowest BCUT2D eigenvalue weighted by Gasteiger charge is -2.31. The molecule has 110 valence electrons. The van der Waals surface area contributed by atoms with E-state index in [9.17, 15) is 9.90 Å².